The number of hydrogen-bond donors (Lipinski definition) is 2. The first-order valence-corrected chi connectivity index (χ1v) is 6.09. The molecule has 0 fully saturated rings. The molecule has 0 bridgehead atoms. The van der Waals surface area contributed by atoms with Crippen LogP contribution < -0.4 is 4.72 Å². The quantitative estimate of drug-likeness (QED) is 0.734. The van der Waals surface area contributed by atoms with Crippen LogP contribution in [-0.4, -0.2) is 35.3 Å². The molecule has 0 aliphatic rings. The van der Waals surface area contributed by atoms with Gasteiger partial charge in [0.2, 0.25) is 10.0 Å². The van der Waals surface area contributed by atoms with Crippen molar-refractivity contribution in [2.75, 3.05) is 0 Å². The molecular weight excluding hydrogens is 234 g/mol. The van der Waals surface area contributed by atoms with E-state index in [-0.39, 0.29) is 11.3 Å². The number of aromatic nitrogens is 2. The van der Waals surface area contributed by atoms with Crippen LogP contribution in [0, 0.1) is 0 Å². The SMILES string of the molecule is CC[C@H](NS(=O)(=O)c1cnn(C)c1)C(=O)O. The van der Waals surface area contributed by atoms with E-state index in [0.29, 0.717) is 0 Å². The minimum atomic E-state index is -3.81. The fourth-order valence-corrected chi connectivity index (χ4v) is 2.36. The Morgan fingerprint density at radius 2 is 2.31 bits per heavy atom. The average molecular weight is 247 g/mol. The summed E-state index contributed by atoms with van der Waals surface area (Å²) in [4.78, 5) is 10.7. The van der Waals surface area contributed by atoms with Crippen LogP contribution in [0.2, 0.25) is 0 Å². The van der Waals surface area contributed by atoms with Crippen molar-refractivity contribution in [3.63, 3.8) is 0 Å². The number of carbonyl (C=O) groups is 1. The van der Waals surface area contributed by atoms with E-state index in [4.69, 9.17) is 5.11 Å². The molecule has 1 aromatic rings. The molecule has 0 aliphatic carbocycles. The fraction of sp³-hybridized carbons (Fsp3) is 0.500. The fourth-order valence-electron chi connectivity index (χ4n) is 1.10. The molecule has 0 radical (unpaired) electrons. The number of rotatable bonds is 5. The standard InChI is InChI=1S/C8H13N3O4S/c1-3-7(8(12)13)10-16(14,15)6-4-9-11(2)5-6/h4-5,7,10H,3H2,1-2H3,(H,12,13)/t7-/m0/s1. The van der Waals surface area contributed by atoms with Crippen LogP contribution in [0.4, 0.5) is 0 Å². The molecule has 0 aliphatic heterocycles. The highest BCUT2D eigenvalue weighted by atomic mass is 32.2. The van der Waals surface area contributed by atoms with Crippen molar-refractivity contribution in [3.8, 4) is 0 Å². The summed E-state index contributed by atoms with van der Waals surface area (Å²) in [7, 11) is -2.23. The zero-order valence-electron chi connectivity index (χ0n) is 8.91. The second-order valence-electron chi connectivity index (χ2n) is 3.27. The summed E-state index contributed by atoms with van der Waals surface area (Å²) in [6.07, 6.45) is 2.64. The molecule has 1 aromatic heterocycles. The summed E-state index contributed by atoms with van der Waals surface area (Å²) >= 11 is 0. The molecule has 7 nitrogen and oxygen atoms in total. The van der Waals surface area contributed by atoms with Gasteiger partial charge >= 0.3 is 5.97 Å². The number of nitrogens with zero attached hydrogens (tertiary/aromatic N) is 2. The molecule has 0 aromatic carbocycles. The van der Waals surface area contributed by atoms with E-state index < -0.39 is 22.0 Å². The van der Waals surface area contributed by atoms with Gasteiger partial charge in [0.05, 0.1) is 6.20 Å². The van der Waals surface area contributed by atoms with Gasteiger partial charge in [0.15, 0.2) is 0 Å². The van der Waals surface area contributed by atoms with Crippen molar-refractivity contribution in [1.82, 2.24) is 14.5 Å². The van der Waals surface area contributed by atoms with Gasteiger partial charge in [-0.3, -0.25) is 9.48 Å². The number of nitrogens with one attached hydrogen (secondary N) is 1. The minimum absolute atomic E-state index is 0.0466. The van der Waals surface area contributed by atoms with Crippen LogP contribution in [0.15, 0.2) is 17.3 Å². The second kappa shape index (κ2) is 4.62. The number of carboxylic acids is 1. The minimum Gasteiger partial charge on any atom is -0.480 e. The highest BCUT2D eigenvalue weighted by Crippen LogP contribution is 2.07. The van der Waals surface area contributed by atoms with Gasteiger partial charge in [0.1, 0.15) is 10.9 Å². The van der Waals surface area contributed by atoms with Gasteiger partial charge in [-0.05, 0) is 6.42 Å². The summed E-state index contributed by atoms with van der Waals surface area (Å²) in [6, 6.07) is -1.12. The molecule has 0 amide bonds. The predicted molar refractivity (Wildman–Crippen MR) is 55.2 cm³/mol. The van der Waals surface area contributed by atoms with Crippen LogP contribution in [0.3, 0.4) is 0 Å². The monoisotopic (exact) mass is 247 g/mol. The molecule has 1 atom stereocenters. The van der Waals surface area contributed by atoms with Crippen molar-refractivity contribution >= 4 is 16.0 Å². The molecule has 0 saturated carbocycles. The van der Waals surface area contributed by atoms with Crippen molar-refractivity contribution in [2.24, 2.45) is 7.05 Å². The van der Waals surface area contributed by atoms with E-state index in [2.05, 4.69) is 9.82 Å². The summed E-state index contributed by atoms with van der Waals surface area (Å²) in [5, 5.41) is 12.5. The molecule has 0 saturated heterocycles. The number of carboxylic acid groups (broad SMARTS) is 1. The van der Waals surface area contributed by atoms with Gasteiger partial charge < -0.3 is 5.11 Å². The molecule has 8 heteroatoms. The van der Waals surface area contributed by atoms with Gasteiger partial charge in [0, 0.05) is 13.2 Å². The van der Waals surface area contributed by atoms with E-state index in [1.807, 2.05) is 0 Å². The van der Waals surface area contributed by atoms with E-state index in [0.717, 1.165) is 6.20 Å². The number of sulfonamides is 1. The van der Waals surface area contributed by atoms with Crippen LogP contribution >= 0.6 is 0 Å². The Morgan fingerprint density at radius 3 is 2.69 bits per heavy atom. The third kappa shape index (κ3) is 2.80. The molecule has 16 heavy (non-hydrogen) atoms. The summed E-state index contributed by atoms with van der Waals surface area (Å²) in [5.41, 5.74) is 0. The van der Waals surface area contributed by atoms with E-state index in [1.165, 1.54) is 10.9 Å². The predicted octanol–water partition coefficient (Wildman–Crippen LogP) is -0.438. The Kier molecular flexibility index (Phi) is 3.66. The van der Waals surface area contributed by atoms with Gasteiger partial charge in [-0.1, -0.05) is 6.92 Å². The largest absolute Gasteiger partial charge is 0.480 e. The highest BCUT2D eigenvalue weighted by molar-refractivity contribution is 7.89. The summed E-state index contributed by atoms with van der Waals surface area (Å²) in [6.45, 7) is 1.59. The maximum absolute atomic E-state index is 11.7. The van der Waals surface area contributed by atoms with Gasteiger partial charge in [-0.15, -0.1) is 0 Å². The third-order valence-electron chi connectivity index (χ3n) is 2.00. The zero-order chi connectivity index (χ0) is 12.3. The van der Waals surface area contributed by atoms with Crippen molar-refractivity contribution in [3.05, 3.63) is 12.4 Å². The lowest BCUT2D eigenvalue weighted by Gasteiger charge is -2.11. The molecule has 0 spiro atoms. The van der Waals surface area contributed by atoms with Crippen molar-refractivity contribution in [2.45, 2.75) is 24.3 Å². The maximum Gasteiger partial charge on any atom is 0.321 e. The molecule has 2 N–H and O–H groups in total. The lowest BCUT2D eigenvalue weighted by molar-refractivity contribution is -0.139. The first-order chi connectivity index (χ1) is 7.36. The first-order valence-electron chi connectivity index (χ1n) is 4.60. The Labute approximate surface area is 93.1 Å². The van der Waals surface area contributed by atoms with Gasteiger partial charge in [0.25, 0.3) is 0 Å². The van der Waals surface area contributed by atoms with E-state index in [1.54, 1.807) is 14.0 Å². The Morgan fingerprint density at radius 1 is 1.69 bits per heavy atom. The lowest BCUT2D eigenvalue weighted by Crippen LogP contribution is -2.40. The maximum atomic E-state index is 11.7. The van der Waals surface area contributed by atoms with Crippen molar-refractivity contribution in [1.29, 1.82) is 0 Å². The summed E-state index contributed by atoms with van der Waals surface area (Å²) in [5.74, 6) is -1.20. The Hall–Kier alpha value is -1.41. The first kappa shape index (κ1) is 12.7. The van der Waals surface area contributed by atoms with Crippen LogP contribution in [0.1, 0.15) is 13.3 Å². The van der Waals surface area contributed by atoms with Crippen LogP contribution in [0.25, 0.3) is 0 Å². The third-order valence-corrected chi connectivity index (χ3v) is 3.42. The zero-order valence-corrected chi connectivity index (χ0v) is 9.73. The number of hydrogen-bond acceptors (Lipinski definition) is 4. The molecule has 1 rings (SSSR count). The number of aliphatic carboxylic acids is 1. The molecular formula is C8H13N3O4S. The van der Waals surface area contributed by atoms with Gasteiger partial charge in [-0.2, -0.15) is 9.82 Å². The lowest BCUT2D eigenvalue weighted by atomic mass is 10.2. The average Bonchev–Trinajstić information content (AvgIpc) is 2.61. The smallest absolute Gasteiger partial charge is 0.321 e. The highest BCUT2D eigenvalue weighted by Gasteiger charge is 2.24. The van der Waals surface area contributed by atoms with E-state index in [9.17, 15) is 13.2 Å². The van der Waals surface area contributed by atoms with E-state index >= 15 is 0 Å². The molecule has 1 heterocycles. The summed E-state index contributed by atoms with van der Waals surface area (Å²) < 4.78 is 26.8. The topological polar surface area (TPSA) is 101 Å². The van der Waals surface area contributed by atoms with Gasteiger partial charge in [-0.25, -0.2) is 8.42 Å². The molecule has 90 valence electrons. The normalized spacial score (nSPS) is 13.6. The molecule has 0 unspecified atom stereocenters. The van der Waals surface area contributed by atoms with Crippen LogP contribution in [-0.2, 0) is 21.9 Å². The Bertz CT molecular complexity index is 479. The second-order valence-corrected chi connectivity index (χ2v) is 4.98. The number of aryl methyl sites for hydroxylation is 1. The van der Waals surface area contributed by atoms with Crippen LogP contribution in [0.5, 0.6) is 0 Å². The Balaban J connectivity index is 2.91. The van der Waals surface area contributed by atoms with Crippen molar-refractivity contribution < 1.29 is 18.3 Å².